The quantitative estimate of drug-likeness (QED) is 0.775. The van der Waals surface area contributed by atoms with Crippen LogP contribution in [-0.2, 0) is 6.54 Å². The van der Waals surface area contributed by atoms with Crippen molar-refractivity contribution >= 4 is 5.82 Å². The Hall–Kier alpha value is -1.30. The summed E-state index contributed by atoms with van der Waals surface area (Å²) in [5.41, 5.74) is 0.917. The predicted octanol–water partition coefficient (Wildman–Crippen LogP) is 2.97. The Labute approximate surface area is 111 Å². The smallest absolute Gasteiger partial charge is 0.359 e. The van der Waals surface area contributed by atoms with Crippen molar-refractivity contribution in [2.75, 3.05) is 25.0 Å². The van der Waals surface area contributed by atoms with Crippen LogP contribution in [0.2, 0.25) is 0 Å². The number of nitrogens with zero attached hydrogens (tertiary/aromatic N) is 2. The molecular formula is C13H20F3N3. The Morgan fingerprint density at radius 2 is 2.11 bits per heavy atom. The largest absolute Gasteiger partial charge is 0.390 e. The third-order valence-electron chi connectivity index (χ3n) is 2.70. The third-order valence-corrected chi connectivity index (χ3v) is 2.70. The zero-order chi connectivity index (χ0) is 14.3. The first-order chi connectivity index (χ1) is 8.94. The van der Waals surface area contributed by atoms with Crippen LogP contribution in [0.15, 0.2) is 18.3 Å². The molecule has 0 amide bonds. The second-order valence-corrected chi connectivity index (χ2v) is 4.45. The topological polar surface area (TPSA) is 28.2 Å². The summed E-state index contributed by atoms with van der Waals surface area (Å²) in [6, 6.07) is 3.68. The molecule has 1 aromatic rings. The highest BCUT2D eigenvalue weighted by molar-refractivity contribution is 5.45. The zero-order valence-electron chi connectivity index (χ0n) is 11.3. The van der Waals surface area contributed by atoms with Gasteiger partial charge in [-0.15, -0.1) is 0 Å². The summed E-state index contributed by atoms with van der Waals surface area (Å²) in [5.74, 6) is 0.607. The van der Waals surface area contributed by atoms with E-state index in [1.165, 1.54) is 0 Å². The van der Waals surface area contributed by atoms with E-state index in [2.05, 4.69) is 17.2 Å². The summed E-state index contributed by atoms with van der Waals surface area (Å²) in [5, 5.41) is 3.23. The molecule has 19 heavy (non-hydrogen) atoms. The molecule has 0 aliphatic carbocycles. The molecule has 0 aromatic carbocycles. The molecule has 1 N–H and O–H groups in total. The minimum absolute atomic E-state index is 0.0821. The summed E-state index contributed by atoms with van der Waals surface area (Å²) >= 11 is 0. The Morgan fingerprint density at radius 1 is 1.37 bits per heavy atom. The first kappa shape index (κ1) is 15.8. The van der Waals surface area contributed by atoms with Crippen molar-refractivity contribution in [3.63, 3.8) is 0 Å². The van der Waals surface area contributed by atoms with Gasteiger partial charge >= 0.3 is 6.18 Å². The molecule has 0 unspecified atom stereocenters. The highest BCUT2D eigenvalue weighted by Gasteiger charge is 2.27. The van der Waals surface area contributed by atoms with Crippen molar-refractivity contribution in [1.82, 2.24) is 10.3 Å². The van der Waals surface area contributed by atoms with Gasteiger partial charge in [0.15, 0.2) is 0 Å². The molecule has 0 aliphatic heterocycles. The average Bonchev–Trinajstić information content (AvgIpc) is 2.36. The second-order valence-electron chi connectivity index (χ2n) is 4.45. The Balaban J connectivity index is 2.64. The lowest BCUT2D eigenvalue weighted by Gasteiger charge is -2.21. The first-order valence-corrected chi connectivity index (χ1v) is 6.36. The van der Waals surface area contributed by atoms with Crippen molar-refractivity contribution in [3.8, 4) is 0 Å². The molecule has 108 valence electrons. The van der Waals surface area contributed by atoms with Gasteiger partial charge in [0.1, 0.15) is 5.82 Å². The normalized spacial score (nSPS) is 11.6. The minimum Gasteiger partial charge on any atom is -0.359 e. The molecular weight excluding hydrogens is 255 g/mol. The summed E-state index contributed by atoms with van der Waals surface area (Å²) < 4.78 is 36.7. The van der Waals surface area contributed by atoms with Crippen LogP contribution in [0.1, 0.15) is 25.3 Å². The monoisotopic (exact) mass is 275 g/mol. The van der Waals surface area contributed by atoms with Gasteiger partial charge in [0, 0.05) is 31.9 Å². The summed E-state index contributed by atoms with van der Waals surface area (Å²) in [4.78, 5) is 5.73. The zero-order valence-corrected chi connectivity index (χ0v) is 11.3. The van der Waals surface area contributed by atoms with Gasteiger partial charge in [-0.05, 0) is 19.0 Å². The average molecular weight is 275 g/mol. The third kappa shape index (κ3) is 5.92. The van der Waals surface area contributed by atoms with Crippen LogP contribution in [-0.4, -0.2) is 31.3 Å². The predicted molar refractivity (Wildman–Crippen MR) is 70.2 cm³/mol. The highest BCUT2D eigenvalue weighted by Crippen LogP contribution is 2.22. The number of halogens is 3. The highest BCUT2D eigenvalue weighted by atomic mass is 19.4. The van der Waals surface area contributed by atoms with Crippen molar-refractivity contribution < 1.29 is 13.2 Å². The fraction of sp³-hybridized carbons (Fsp3) is 0.615. The number of hydrogen-bond donors (Lipinski definition) is 1. The van der Waals surface area contributed by atoms with E-state index in [0.29, 0.717) is 12.4 Å². The lowest BCUT2D eigenvalue weighted by molar-refractivity contribution is -0.132. The maximum absolute atomic E-state index is 12.2. The van der Waals surface area contributed by atoms with E-state index < -0.39 is 12.6 Å². The molecule has 0 saturated carbocycles. The molecule has 0 fully saturated rings. The van der Waals surface area contributed by atoms with Gasteiger partial charge < -0.3 is 10.2 Å². The first-order valence-electron chi connectivity index (χ1n) is 6.36. The fourth-order valence-corrected chi connectivity index (χ4v) is 1.71. The van der Waals surface area contributed by atoms with Crippen LogP contribution in [0.5, 0.6) is 0 Å². The van der Waals surface area contributed by atoms with E-state index in [9.17, 15) is 13.2 Å². The lowest BCUT2D eigenvalue weighted by Crippen LogP contribution is -2.26. The number of aromatic nitrogens is 1. The van der Waals surface area contributed by atoms with Crippen molar-refractivity contribution in [2.45, 2.75) is 32.5 Å². The van der Waals surface area contributed by atoms with Gasteiger partial charge in [-0.2, -0.15) is 13.2 Å². The summed E-state index contributed by atoms with van der Waals surface area (Å²) in [6.45, 7) is 3.47. The molecule has 1 aromatic heterocycles. The molecule has 0 saturated heterocycles. The Bertz CT molecular complexity index is 380. The van der Waals surface area contributed by atoms with E-state index in [-0.39, 0.29) is 6.54 Å². The van der Waals surface area contributed by atoms with Gasteiger partial charge in [-0.1, -0.05) is 13.0 Å². The van der Waals surface area contributed by atoms with Crippen LogP contribution >= 0.6 is 0 Å². The number of anilines is 1. The van der Waals surface area contributed by atoms with Crippen LogP contribution in [0.3, 0.4) is 0 Å². The van der Waals surface area contributed by atoms with Gasteiger partial charge in [0.25, 0.3) is 0 Å². The van der Waals surface area contributed by atoms with E-state index in [0.717, 1.165) is 18.5 Å². The van der Waals surface area contributed by atoms with E-state index in [1.807, 2.05) is 6.07 Å². The van der Waals surface area contributed by atoms with Gasteiger partial charge in [-0.25, -0.2) is 4.98 Å². The fourth-order valence-electron chi connectivity index (χ4n) is 1.71. The van der Waals surface area contributed by atoms with E-state index in [4.69, 9.17) is 0 Å². The standard InChI is InChI=1S/C13H20F3N3/c1-3-7-17-10-11-5-4-8-18-12(11)19(2)9-6-13(14,15)16/h4-5,8,17H,3,6-7,9-10H2,1-2H3. The van der Waals surface area contributed by atoms with Crippen molar-refractivity contribution in [1.29, 1.82) is 0 Å². The maximum atomic E-state index is 12.2. The van der Waals surface area contributed by atoms with Crippen LogP contribution in [0.25, 0.3) is 0 Å². The Morgan fingerprint density at radius 3 is 2.74 bits per heavy atom. The van der Waals surface area contributed by atoms with Crippen LogP contribution in [0.4, 0.5) is 19.0 Å². The molecule has 0 atom stereocenters. The molecule has 0 bridgehead atoms. The van der Waals surface area contributed by atoms with Gasteiger partial charge in [0.05, 0.1) is 6.42 Å². The lowest BCUT2D eigenvalue weighted by atomic mass is 10.2. The minimum atomic E-state index is -4.14. The molecule has 1 heterocycles. The van der Waals surface area contributed by atoms with Crippen molar-refractivity contribution in [3.05, 3.63) is 23.9 Å². The Kier molecular flexibility index (Phi) is 6.08. The van der Waals surface area contributed by atoms with Crippen LogP contribution < -0.4 is 10.2 Å². The molecule has 6 heteroatoms. The van der Waals surface area contributed by atoms with E-state index >= 15 is 0 Å². The molecule has 1 rings (SSSR count). The maximum Gasteiger partial charge on any atom is 0.390 e. The summed E-state index contributed by atoms with van der Waals surface area (Å²) in [7, 11) is 1.64. The number of alkyl halides is 3. The molecule has 3 nitrogen and oxygen atoms in total. The second kappa shape index (κ2) is 7.33. The van der Waals surface area contributed by atoms with Crippen LogP contribution in [0, 0.1) is 0 Å². The SMILES string of the molecule is CCCNCc1cccnc1N(C)CCC(F)(F)F. The summed E-state index contributed by atoms with van der Waals surface area (Å²) in [6.07, 6.45) is -2.35. The van der Waals surface area contributed by atoms with Gasteiger partial charge in [0.2, 0.25) is 0 Å². The number of hydrogen-bond acceptors (Lipinski definition) is 3. The van der Waals surface area contributed by atoms with Crippen molar-refractivity contribution in [2.24, 2.45) is 0 Å². The van der Waals surface area contributed by atoms with Gasteiger partial charge in [-0.3, -0.25) is 0 Å². The molecule has 0 radical (unpaired) electrons. The number of pyridine rings is 1. The number of rotatable bonds is 7. The molecule has 0 spiro atoms. The molecule has 0 aliphatic rings. The number of nitrogens with one attached hydrogen (secondary N) is 1. The van der Waals surface area contributed by atoms with E-state index in [1.54, 1.807) is 24.2 Å².